The van der Waals surface area contributed by atoms with Gasteiger partial charge in [-0.2, -0.15) is 0 Å². The second-order valence-electron chi connectivity index (χ2n) is 5.68. The van der Waals surface area contributed by atoms with Crippen LogP contribution in [0.25, 0.3) is 0 Å². The molecule has 2 rings (SSSR count). The molecule has 0 saturated heterocycles. The standard InChI is InChI=1S/C19H26N4O2S.HI/c1-2-20-19(23-12-9-17-8-4-13-26-17)22-11-5-10-21-18(25)15-6-3-7-16(24)14-15;/h3-4,6-8,13-14,24H,2,5,9-12H2,1H3,(H,21,25)(H2,20,22,23);1H. The van der Waals surface area contributed by atoms with Crippen LogP contribution >= 0.6 is 35.3 Å². The number of carbonyl (C=O) groups is 1. The summed E-state index contributed by atoms with van der Waals surface area (Å²) in [4.78, 5) is 17.8. The van der Waals surface area contributed by atoms with Crippen molar-refractivity contribution in [2.24, 2.45) is 4.99 Å². The fourth-order valence-electron chi connectivity index (χ4n) is 2.32. The first-order chi connectivity index (χ1) is 12.7. The molecule has 27 heavy (non-hydrogen) atoms. The van der Waals surface area contributed by atoms with Crippen molar-refractivity contribution in [3.63, 3.8) is 0 Å². The molecule has 0 saturated carbocycles. The molecule has 6 nitrogen and oxygen atoms in total. The third-order valence-electron chi connectivity index (χ3n) is 3.59. The van der Waals surface area contributed by atoms with Gasteiger partial charge >= 0.3 is 0 Å². The molecule has 2 aromatic rings. The number of amides is 1. The summed E-state index contributed by atoms with van der Waals surface area (Å²) in [5, 5.41) is 20.9. The molecule has 1 heterocycles. The lowest BCUT2D eigenvalue weighted by Gasteiger charge is -2.11. The first-order valence-corrected chi connectivity index (χ1v) is 9.69. The van der Waals surface area contributed by atoms with Gasteiger partial charge < -0.3 is 21.1 Å². The minimum absolute atomic E-state index is 0. The molecular weight excluding hydrogens is 475 g/mol. The lowest BCUT2D eigenvalue weighted by atomic mass is 10.2. The molecule has 0 bridgehead atoms. The molecule has 1 amide bonds. The van der Waals surface area contributed by atoms with E-state index in [0.717, 1.165) is 31.9 Å². The smallest absolute Gasteiger partial charge is 0.251 e. The van der Waals surface area contributed by atoms with Crippen molar-refractivity contribution in [1.82, 2.24) is 16.0 Å². The quantitative estimate of drug-likeness (QED) is 0.184. The third kappa shape index (κ3) is 9.09. The number of aromatic hydroxyl groups is 1. The van der Waals surface area contributed by atoms with Crippen LogP contribution in [0.1, 0.15) is 28.6 Å². The van der Waals surface area contributed by atoms with Crippen molar-refractivity contribution in [1.29, 1.82) is 0 Å². The van der Waals surface area contributed by atoms with E-state index in [9.17, 15) is 9.90 Å². The van der Waals surface area contributed by atoms with Gasteiger partial charge in [-0.3, -0.25) is 9.79 Å². The van der Waals surface area contributed by atoms with Crippen LogP contribution in [0.15, 0.2) is 46.8 Å². The lowest BCUT2D eigenvalue weighted by Crippen LogP contribution is -2.38. The number of nitrogens with zero attached hydrogens (tertiary/aromatic N) is 1. The van der Waals surface area contributed by atoms with E-state index >= 15 is 0 Å². The summed E-state index contributed by atoms with van der Waals surface area (Å²) >= 11 is 1.76. The molecule has 0 aliphatic carbocycles. The molecular formula is C19H27IN4O2S. The van der Waals surface area contributed by atoms with Crippen LogP contribution in [-0.4, -0.2) is 43.2 Å². The molecule has 0 aliphatic heterocycles. The maximum absolute atomic E-state index is 12.0. The Bertz CT molecular complexity index is 707. The third-order valence-corrected chi connectivity index (χ3v) is 4.52. The van der Waals surface area contributed by atoms with Gasteiger partial charge in [0.05, 0.1) is 0 Å². The highest BCUT2D eigenvalue weighted by molar-refractivity contribution is 14.0. The van der Waals surface area contributed by atoms with Gasteiger partial charge in [-0.15, -0.1) is 35.3 Å². The van der Waals surface area contributed by atoms with Crippen LogP contribution in [0.5, 0.6) is 5.75 Å². The summed E-state index contributed by atoms with van der Waals surface area (Å²) < 4.78 is 0. The minimum Gasteiger partial charge on any atom is -0.508 e. The second-order valence-corrected chi connectivity index (χ2v) is 6.71. The number of carbonyl (C=O) groups excluding carboxylic acids is 1. The van der Waals surface area contributed by atoms with Crippen molar-refractivity contribution >= 4 is 47.2 Å². The number of rotatable bonds is 9. The van der Waals surface area contributed by atoms with Crippen LogP contribution < -0.4 is 16.0 Å². The number of hydrogen-bond donors (Lipinski definition) is 4. The van der Waals surface area contributed by atoms with Crippen LogP contribution in [-0.2, 0) is 6.42 Å². The van der Waals surface area contributed by atoms with E-state index in [1.807, 2.05) is 6.92 Å². The summed E-state index contributed by atoms with van der Waals surface area (Å²) in [6.07, 6.45) is 1.72. The number of nitrogens with one attached hydrogen (secondary N) is 3. The zero-order valence-electron chi connectivity index (χ0n) is 15.4. The van der Waals surface area contributed by atoms with Crippen molar-refractivity contribution < 1.29 is 9.90 Å². The van der Waals surface area contributed by atoms with Crippen molar-refractivity contribution in [2.75, 3.05) is 26.2 Å². The maximum Gasteiger partial charge on any atom is 0.251 e. The number of phenols is 1. The fraction of sp³-hybridized carbons (Fsp3) is 0.368. The van der Waals surface area contributed by atoms with Crippen LogP contribution in [0, 0.1) is 0 Å². The Morgan fingerprint density at radius 1 is 1.15 bits per heavy atom. The van der Waals surface area contributed by atoms with E-state index in [0.29, 0.717) is 18.7 Å². The van der Waals surface area contributed by atoms with Crippen LogP contribution in [0.2, 0.25) is 0 Å². The number of thiophene rings is 1. The monoisotopic (exact) mass is 502 g/mol. The van der Waals surface area contributed by atoms with Gasteiger partial charge in [-0.1, -0.05) is 12.1 Å². The molecule has 0 fully saturated rings. The molecule has 0 unspecified atom stereocenters. The van der Waals surface area contributed by atoms with Crippen molar-refractivity contribution in [3.8, 4) is 5.75 Å². The number of halogens is 1. The minimum atomic E-state index is -0.189. The molecule has 0 radical (unpaired) electrons. The van der Waals surface area contributed by atoms with Crippen LogP contribution in [0.4, 0.5) is 0 Å². The summed E-state index contributed by atoms with van der Waals surface area (Å²) in [5.74, 6) is 0.695. The number of benzene rings is 1. The summed E-state index contributed by atoms with van der Waals surface area (Å²) in [5.41, 5.74) is 0.456. The predicted octanol–water partition coefficient (Wildman–Crippen LogP) is 2.99. The zero-order chi connectivity index (χ0) is 18.6. The number of phenolic OH excluding ortho intramolecular Hbond substituents is 1. The van der Waals surface area contributed by atoms with E-state index in [4.69, 9.17) is 0 Å². The predicted molar refractivity (Wildman–Crippen MR) is 122 cm³/mol. The highest BCUT2D eigenvalue weighted by Crippen LogP contribution is 2.10. The lowest BCUT2D eigenvalue weighted by molar-refractivity contribution is 0.0953. The van der Waals surface area contributed by atoms with E-state index in [1.165, 1.54) is 10.9 Å². The van der Waals surface area contributed by atoms with Gasteiger partial charge in [0.15, 0.2) is 5.96 Å². The maximum atomic E-state index is 12.0. The number of guanidine groups is 1. The Hall–Kier alpha value is -1.81. The van der Waals surface area contributed by atoms with Gasteiger partial charge in [0.1, 0.15) is 5.75 Å². The zero-order valence-corrected chi connectivity index (χ0v) is 18.6. The Balaban J connectivity index is 0.00000364. The first kappa shape index (κ1) is 23.2. The molecule has 8 heteroatoms. The average Bonchev–Trinajstić information content (AvgIpc) is 3.14. The molecule has 4 N–H and O–H groups in total. The normalized spacial score (nSPS) is 10.8. The van der Waals surface area contributed by atoms with E-state index in [2.05, 4.69) is 38.5 Å². The molecule has 1 aromatic carbocycles. The number of hydrogen-bond acceptors (Lipinski definition) is 4. The summed E-state index contributed by atoms with van der Waals surface area (Å²) in [7, 11) is 0. The summed E-state index contributed by atoms with van der Waals surface area (Å²) in [6.45, 7) is 4.83. The molecule has 0 atom stereocenters. The van der Waals surface area contributed by atoms with E-state index < -0.39 is 0 Å². The van der Waals surface area contributed by atoms with Gasteiger partial charge in [0.25, 0.3) is 5.91 Å². The molecule has 0 spiro atoms. The van der Waals surface area contributed by atoms with Gasteiger partial charge in [-0.05, 0) is 49.4 Å². The summed E-state index contributed by atoms with van der Waals surface area (Å²) in [6, 6.07) is 10.5. The Morgan fingerprint density at radius 3 is 2.70 bits per heavy atom. The van der Waals surface area contributed by atoms with Crippen molar-refractivity contribution in [3.05, 3.63) is 52.2 Å². The molecule has 0 aliphatic rings. The molecule has 1 aromatic heterocycles. The highest BCUT2D eigenvalue weighted by Gasteiger charge is 2.05. The highest BCUT2D eigenvalue weighted by atomic mass is 127. The second kappa shape index (κ2) is 13.4. The van der Waals surface area contributed by atoms with Gasteiger partial charge in [0.2, 0.25) is 0 Å². The van der Waals surface area contributed by atoms with Gasteiger partial charge in [-0.25, -0.2) is 0 Å². The topological polar surface area (TPSA) is 85.8 Å². The Kier molecular flexibility index (Phi) is 11.5. The number of aliphatic imine (C=N–C) groups is 1. The first-order valence-electron chi connectivity index (χ1n) is 8.81. The van der Waals surface area contributed by atoms with E-state index in [-0.39, 0.29) is 35.6 Å². The Morgan fingerprint density at radius 2 is 2.00 bits per heavy atom. The van der Waals surface area contributed by atoms with E-state index in [1.54, 1.807) is 29.5 Å². The SMILES string of the molecule is CCNC(=NCCCNC(=O)c1cccc(O)c1)NCCc1cccs1.I. The fourth-order valence-corrected chi connectivity index (χ4v) is 3.03. The largest absolute Gasteiger partial charge is 0.508 e. The van der Waals surface area contributed by atoms with Crippen molar-refractivity contribution in [2.45, 2.75) is 19.8 Å². The van der Waals surface area contributed by atoms with Crippen LogP contribution in [0.3, 0.4) is 0 Å². The average molecular weight is 502 g/mol. The molecule has 148 valence electrons. The Labute approximate surface area is 181 Å². The van der Waals surface area contributed by atoms with Gasteiger partial charge in [0, 0.05) is 36.6 Å².